The zero-order valence-electron chi connectivity index (χ0n) is 13.1. The highest BCUT2D eigenvalue weighted by Crippen LogP contribution is 2.25. The molecule has 0 spiro atoms. The van der Waals surface area contributed by atoms with Crippen LogP contribution in [0, 0.1) is 0 Å². The van der Waals surface area contributed by atoms with Crippen LogP contribution in [-0.2, 0) is 17.8 Å². The van der Waals surface area contributed by atoms with Crippen molar-refractivity contribution >= 4 is 11.8 Å². The molecule has 23 heavy (non-hydrogen) atoms. The van der Waals surface area contributed by atoms with E-state index in [1.54, 1.807) is 17.0 Å². The van der Waals surface area contributed by atoms with Gasteiger partial charge in [-0.2, -0.15) is 0 Å². The highest BCUT2D eigenvalue weighted by molar-refractivity contribution is 5.96. The van der Waals surface area contributed by atoms with Crippen LogP contribution in [0.15, 0.2) is 47.1 Å². The Bertz CT molecular complexity index is 694. The molecule has 0 saturated carbocycles. The maximum absolute atomic E-state index is 12.7. The Hall–Kier alpha value is -2.56. The normalized spacial score (nSPS) is 16.7. The number of carbonyl (C=O) groups excluding carboxylic acids is 2. The molecule has 0 bridgehead atoms. The molecule has 1 aliphatic rings. The highest BCUT2D eigenvalue weighted by atomic mass is 16.3. The van der Waals surface area contributed by atoms with Crippen molar-refractivity contribution in [3.63, 3.8) is 0 Å². The van der Waals surface area contributed by atoms with E-state index in [0.717, 1.165) is 17.5 Å². The van der Waals surface area contributed by atoms with Gasteiger partial charge in [0.05, 0.1) is 6.26 Å². The van der Waals surface area contributed by atoms with Crippen LogP contribution in [0.2, 0.25) is 0 Å². The molecule has 5 heteroatoms. The lowest BCUT2D eigenvalue weighted by Crippen LogP contribution is -2.52. The number of fused-ring (bicyclic) bond motifs is 1. The van der Waals surface area contributed by atoms with E-state index in [-0.39, 0.29) is 17.6 Å². The van der Waals surface area contributed by atoms with Crippen molar-refractivity contribution < 1.29 is 14.0 Å². The van der Waals surface area contributed by atoms with Crippen LogP contribution in [0.5, 0.6) is 0 Å². The summed E-state index contributed by atoms with van der Waals surface area (Å²) in [7, 11) is 0. The zero-order valence-corrected chi connectivity index (χ0v) is 13.1. The largest absolute Gasteiger partial charge is 0.459 e. The fourth-order valence-corrected chi connectivity index (χ4v) is 2.88. The monoisotopic (exact) mass is 312 g/mol. The van der Waals surface area contributed by atoms with Crippen LogP contribution in [0.25, 0.3) is 0 Å². The summed E-state index contributed by atoms with van der Waals surface area (Å²) in [5.74, 6) is -0.0971. The third kappa shape index (κ3) is 3.13. The van der Waals surface area contributed by atoms with Crippen molar-refractivity contribution in [1.82, 2.24) is 10.2 Å². The second-order valence-corrected chi connectivity index (χ2v) is 5.69. The molecule has 2 heterocycles. The number of carbonyl (C=O) groups is 2. The fraction of sp³-hybridized carbons (Fsp3) is 0.333. The van der Waals surface area contributed by atoms with E-state index in [4.69, 9.17) is 4.42 Å². The second kappa shape index (κ2) is 6.69. The molecule has 2 amide bonds. The van der Waals surface area contributed by atoms with E-state index in [9.17, 15) is 9.59 Å². The summed E-state index contributed by atoms with van der Waals surface area (Å²) in [4.78, 5) is 26.8. The van der Waals surface area contributed by atoms with Gasteiger partial charge < -0.3 is 14.6 Å². The van der Waals surface area contributed by atoms with Gasteiger partial charge in [0.15, 0.2) is 5.76 Å². The number of hydrogen-bond acceptors (Lipinski definition) is 3. The van der Waals surface area contributed by atoms with Crippen molar-refractivity contribution in [1.29, 1.82) is 0 Å². The van der Waals surface area contributed by atoms with Gasteiger partial charge in [0, 0.05) is 19.5 Å². The Morgan fingerprint density at radius 3 is 2.70 bits per heavy atom. The summed E-state index contributed by atoms with van der Waals surface area (Å²) in [6.45, 7) is 3.03. The lowest BCUT2D eigenvalue weighted by atomic mass is 9.93. The van der Waals surface area contributed by atoms with Crippen molar-refractivity contribution in [2.24, 2.45) is 0 Å². The number of hydrogen-bond donors (Lipinski definition) is 1. The standard InChI is InChI=1S/C18H20N2O3/c1-2-9-19-17(21)15-11-13-6-3-4-7-14(13)12-20(15)18(22)16-8-5-10-23-16/h3-8,10,15H,2,9,11-12H2,1H3,(H,19,21)/t15-/m0/s1. The molecule has 1 N–H and O–H groups in total. The van der Waals surface area contributed by atoms with Gasteiger partial charge in [-0.1, -0.05) is 31.2 Å². The van der Waals surface area contributed by atoms with Gasteiger partial charge in [-0.05, 0) is 29.7 Å². The van der Waals surface area contributed by atoms with Gasteiger partial charge in [-0.15, -0.1) is 0 Å². The predicted molar refractivity (Wildman–Crippen MR) is 85.8 cm³/mol. The van der Waals surface area contributed by atoms with Crippen LogP contribution >= 0.6 is 0 Å². The Labute approximate surface area is 135 Å². The first-order valence-corrected chi connectivity index (χ1v) is 7.89. The van der Waals surface area contributed by atoms with Crippen molar-refractivity contribution in [3.8, 4) is 0 Å². The average molecular weight is 312 g/mol. The molecular formula is C18H20N2O3. The molecule has 0 fully saturated rings. The van der Waals surface area contributed by atoms with Crippen LogP contribution in [0.1, 0.15) is 35.0 Å². The van der Waals surface area contributed by atoms with Gasteiger partial charge in [-0.3, -0.25) is 9.59 Å². The molecule has 5 nitrogen and oxygen atoms in total. The molecule has 120 valence electrons. The third-order valence-electron chi connectivity index (χ3n) is 4.09. The molecule has 3 rings (SSSR count). The molecule has 0 unspecified atom stereocenters. The first-order valence-electron chi connectivity index (χ1n) is 7.89. The highest BCUT2D eigenvalue weighted by Gasteiger charge is 2.35. The number of rotatable bonds is 4. The van der Waals surface area contributed by atoms with Crippen LogP contribution in [0.4, 0.5) is 0 Å². The molecule has 0 saturated heterocycles. The maximum Gasteiger partial charge on any atom is 0.290 e. The smallest absolute Gasteiger partial charge is 0.290 e. The summed E-state index contributed by atoms with van der Waals surface area (Å²) in [6.07, 6.45) is 2.86. The maximum atomic E-state index is 12.7. The second-order valence-electron chi connectivity index (χ2n) is 5.69. The first-order chi connectivity index (χ1) is 11.2. The van der Waals surface area contributed by atoms with Crippen molar-refractivity contribution in [2.75, 3.05) is 6.54 Å². The number of benzene rings is 1. The Balaban J connectivity index is 1.89. The molecule has 1 atom stereocenters. The summed E-state index contributed by atoms with van der Waals surface area (Å²) in [6, 6.07) is 10.7. The van der Waals surface area contributed by atoms with Crippen LogP contribution < -0.4 is 5.32 Å². The zero-order chi connectivity index (χ0) is 16.2. The summed E-state index contributed by atoms with van der Waals surface area (Å²) in [5.41, 5.74) is 2.19. The molecule has 1 aromatic carbocycles. The summed E-state index contributed by atoms with van der Waals surface area (Å²) >= 11 is 0. The van der Waals surface area contributed by atoms with E-state index in [2.05, 4.69) is 5.32 Å². The molecule has 0 aliphatic carbocycles. The Morgan fingerprint density at radius 2 is 2.00 bits per heavy atom. The third-order valence-corrected chi connectivity index (χ3v) is 4.09. The minimum atomic E-state index is -0.506. The minimum Gasteiger partial charge on any atom is -0.459 e. The van der Waals surface area contributed by atoms with Gasteiger partial charge >= 0.3 is 0 Å². The topological polar surface area (TPSA) is 62.6 Å². The lowest BCUT2D eigenvalue weighted by molar-refractivity contribution is -0.126. The number of nitrogens with one attached hydrogen (secondary N) is 1. The van der Waals surface area contributed by atoms with E-state index >= 15 is 0 Å². The van der Waals surface area contributed by atoms with Crippen LogP contribution in [-0.4, -0.2) is 29.3 Å². The first kappa shape index (κ1) is 15.3. The molecule has 2 aromatic rings. The van der Waals surface area contributed by atoms with Gasteiger partial charge in [0.2, 0.25) is 5.91 Å². The Kier molecular flexibility index (Phi) is 4.46. The number of amides is 2. The van der Waals surface area contributed by atoms with Gasteiger partial charge in [-0.25, -0.2) is 0 Å². The van der Waals surface area contributed by atoms with E-state index in [1.807, 2.05) is 31.2 Å². The minimum absolute atomic E-state index is 0.110. The fourth-order valence-electron chi connectivity index (χ4n) is 2.88. The molecule has 1 aromatic heterocycles. The van der Waals surface area contributed by atoms with Crippen molar-refractivity contribution in [2.45, 2.75) is 32.4 Å². The van der Waals surface area contributed by atoms with E-state index in [1.165, 1.54) is 6.26 Å². The molecule has 0 radical (unpaired) electrons. The lowest BCUT2D eigenvalue weighted by Gasteiger charge is -2.35. The van der Waals surface area contributed by atoms with E-state index < -0.39 is 6.04 Å². The van der Waals surface area contributed by atoms with Crippen LogP contribution in [0.3, 0.4) is 0 Å². The summed E-state index contributed by atoms with van der Waals surface area (Å²) in [5, 5.41) is 2.90. The molecule has 1 aliphatic heterocycles. The number of nitrogens with zero attached hydrogens (tertiary/aromatic N) is 1. The molecular weight excluding hydrogens is 292 g/mol. The van der Waals surface area contributed by atoms with Gasteiger partial charge in [0.1, 0.15) is 6.04 Å². The average Bonchev–Trinajstić information content (AvgIpc) is 3.12. The summed E-state index contributed by atoms with van der Waals surface area (Å²) < 4.78 is 5.22. The quantitative estimate of drug-likeness (QED) is 0.943. The van der Waals surface area contributed by atoms with Crippen molar-refractivity contribution in [3.05, 3.63) is 59.5 Å². The predicted octanol–water partition coefficient (Wildman–Crippen LogP) is 2.37. The SMILES string of the molecule is CCCNC(=O)[C@@H]1Cc2ccccc2CN1C(=O)c1ccco1. The Morgan fingerprint density at radius 1 is 1.22 bits per heavy atom. The van der Waals surface area contributed by atoms with E-state index in [0.29, 0.717) is 19.5 Å². The van der Waals surface area contributed by atoms with Gasteiger partial charge in [0.25, 0.3) is 5.91 Å². The number of furan rings is 1.